The normalized spacial score (nSPS) is 27.8. The molecule has 8 heteroatoms. The number of carbonyl (C=O) groups excluding carboxylic acids is 2. The molecule has 8 nitrogen and oxygen atoms in total. The summed E-state index contributed by atoms with van der Waals surface area (Å²) < 4.78 is 23.0. The van der Waals surface area contributed by atoms with Gasteiger partial charge in [-0.3, -0.25) is 14.5 Å². The second kappa shape index (κ2) is 9.35. The first-order chi connectivity index (χ1) is 16.1. The zero-order valence-electron chi connectivity index (χ0n) is 19.4. The molecule has 2 fully saturated rings. The summed E-state index contributed by atoms with van der Waals surface area (Å²) in [4.78, 5) is 31.5. The maximum absolute atomic E-state index is 13.8. The van der Waals surface area contributed by atoms with Gasteiger partial charge >= 0.3 is 0 Å². The first-order valence-corrected chi connectivity index (χ1v) is 11.9. The molecule has 178 valence electrons. The number of para-hydroxylation sites is 1. The predicted octanol–water partition coefficient (Wildman–Crippen LogP) is 2.33. The van der Waals surface area contributed by atoms with Gasteiger partial charge in [0.2, 0.25) is 0 Å². The Morgan fingerprint density at radius 1 is 1.03 bits per heavy atom. The fraction of sp³-hybridized carbons (Fsp3) is 0.600. The Kier molecular flexibility index (Phi) is 6.29. The Morgan fingerprint density at radius 3 is 2.58 bits per heavy atom. The molecule has 1 saturated carbocycles. The van der Waals surface area contributed by atoms with Gasteiger partial charge in [0.1, 0.15) is 6.10 Å². The number of fused-ring (bicyclic) bond motifs is 1. The Balaban J connectivity index is 1.54. The second-order valence-corrected chi connectivity index (χ2v) is 9.09. The highest BCUT2D eigenvalue weighted by Gasteiger charge is 2.52. The smallest absolute Gasteiger partial charge is 0.290 e. The van der Waals surface area contributed by atoms with Crippen molar-refractivity contribution in [3.63, 3.8) is 0 Å². The number of rotatable bonds is 6. The zero-order chi connectivity index (χ0) is 22.9. The molecule has 5 rings (SSSR count). The summed E-state index contributed by atoms with van der Waals surface area (Å²) in [6.07, 6.45) is 3.48. The van der Waals surface area contributed by atoms with E-state index in [-0.39, 0.29) is 29.5 Å². The number of ether oxygens (including phenoxy) is 4. The van der Waals surface area contributed by atoms with Crippen LogP contribution >= 0.6 is 0 Å². The third kappa shape index (κ3) is 3.89. The molecule has 1 aliphatic carbocycles. The SMILES string of the molecule is COc1cccc(C2C3=C(OC4CCCCC4C3=O)C(=O)N2CCN2CCOCC2)c1OC. The van der Waals surface area contributed by atoms with Crippen LogP contribution in [-0.2, 0) is 19.1 Å². The molecule has 33 heavy (non-hydrogen) atoms. The molecule has 3 unspecified atom stereocenters. The van der Waals surface area contributed by atoms with Crippen molar-refractivity contribution in [3.05, 3.63) is 35.1 Å². The van der Waals surface area contributed by atoms with Crippen molar-refractivity contribution in [2.24, 2.45) is 5.92 Å². The minimum Gasteiger partial charge on any atom is -0.493 e. The van der Waals surface area contributed by atoms with Gasteiger partial charge in [0.05, 0.1) is 45.0 Å². The third-order valence-electron chi connectivity index (χ3n) is 7.35. The fourth-order valence-corrected chi connectivity index (χ4v) is 5.65. The lowest BCUT2D eigenvalue weighted by Gasteiger charge is -2.35. The molecule has 4 aliphatic rings. The number of nitrogens with zero attached hydrogens (tertiary/aromatic N) is 2. The molecular weight excluding hydrogens is 424 g/mol. The Labute approximate surface area is 194 Å². The molecule has 0 aromatic heterocycles. The van der Waals surface area contributed by atoms with E-state index in [0.717, 1.165) is 44.3 Å². The van der Waals surface area contributed by atoms with Gasteiger partial charge in [-0.1, -0.05) is 18.6 Å². The maximum Gasteiger partial charge on any atom is 0.290 e. The molecule has 1 aromatic carbocycles. The molecule has 0 bridgehead atoms. The van der Waals surface area contributed by atoms with E-state index in [1.165, 1.54) is 0 Å². The summed E-state index contributed by atoms with van der Waals surface area (Å²) in [5.74, 6) is 1.03. The predicted molar refractivity (Wildman–Crippen MR) is 120 cm³/mol. The number of methoxy groups -OCH3 is 2. The Hall–Kier alpha value is -2.58. The largest absolute Gasteiger partial charge is 0.493 e. The lowest BCUT2D eigenvalue weighted by atomic mass is 9.77. The van der Waals surface area contributed by atoms with Crippen LogP contribution in [0, 0.1) is 5.92 Å². The number of hydrogen-bond donors (Lipinski definition) is 0. The van der Waals surface area contributed by atoms with E-state index in [2.05, 4.69) is 4.90 Å². The van der Waals surface area contributed by atoms with Crippen molar-refractivity contribution in [2.75, 3.05) is 53.6 Å². The van der Waals surface area contributed by atoms with Crippen LogP contribution in [-0.4, -0.2) is 81.2 Å². The number of carbonyl (C=O) groups is 2. The van der Waals surface area contributed by atoms with E-state index in [4.69, 9.17) is 18.9 Å². The fourth-order valence-electron chi connectivity index (χ4n) is 5.65. The van der Waals surface area contributed by atoms with Crippen LogP contribution in [0.15, 0.2) is 29.5 Å². The summed E-state index contributed by atoms with van der Waals surface area (Å²) >= 11 is 0. The van der Waals surface area contributed by atoms with Crippen molar-refractivity contribution < 1.29 is 28.5 Å². The molecule has 1 amide bonds. The minimum atomic E-state index is -0.547. The topological polar surface area (TPSA) is 77.5 Å². The lowest BCUT2D eigenvalue weighted by molar-refractivity contribution is -0.135. The second-order valence-electron chi connectivity index (χ2n) is 9.09. The van der Waals surface area contributed by atoms with Gasteiger partial charge in [-0.2, -0.15) is 0 Å². The molecule has 0 N–H and O–H groups in total. The summed E-state index contributed by atoms with van der Waals surface area (Å²) in [7, 11) is 3.17. The van der Waals surface area contributed by atoms with Gasteiger partial charge in [-0.25, -0.2) is 0 Å². The summed E-state index contributed by atoms with van der Waals surface area (Å²) in [6, 6.07) is 5.06. The highest BCUT2D eigenvalue weighted by molar-refractivity contribution is 6.11. The van der Waals surface area contributed by atoms with Gasteiger partial charge in [-0.15, -0.1) is 0 Å². The number of morpholine rings is 1. The van der Waals surface area contributed by atoms with Crippen LogP contribution in [0.4, 0.5) is 0 Å². The Bertz CT molecular complexity index is 954. The van der Waals surface area contributed by atoms with Gasteiger partial charge in [0.25, 0.3) is 5.91 Å². The average Bonchev–Trinajstić information content (AvgIpc) is 3.14. The van der Waals surface area contributed by atoms with Crippen molar-refractivity contribution >= 4 is 11.7 Å². The van der Waals surface area contributed by atoms with E-state index in [1.807, 2.05) is 18.2 Å². The summed E-state index contributed by atoms with van der Waals surface area (Å²) in [6.45, 7) is 4.26. The maximum atomic E-state index is 13.8. The van der Waals surface area contributed by atoms with Crippen LogP contribution in [0.2, 0.25) is 0 Å². The highest BCUT2D eigenvalue weighted by atomic mass is 16.5. The lowest BCUT2D eigenvalue weighted by Crippen LogP contribution is -2.43. The van der Waals surface area contributed by atoms with Crippen molar-refractivity contribution in [3.8, 4) is 11.5 Å². The zero-order valence-corrected chi connectivity index (χ0v) is 19.4. The van der Waals surface area contributed by atoms with Crippen molar-refractivity contribution in [1.82, 2.24) is 9.80 Å². The van der Waals surface area contributed by atoms with Crippen LogP contribution in [0.1, 0.15) is 37.3 Å². The third-order valence-corrected chi connectivity index (χ3v) is 7.35. The van der Waals surface area contributed by atoms with E-state index in [0.29, 0.717) is 43.4 Å². The monoisotopic (exact) mass is 456 g/mol. The standard InChI is InChI=1S/C25H32N2O6/c1-30-19-9-5-7-17(23(19)31-2)21-20-22(28)16-6-3-4-8-18(16)33-24(20)25(29)27(21)11-10-26-12-14-32-15-13-26/h5,7,9,16,18,21H,3-4,6,8,10-15H2,1-2H3. The first-order valence-electron chi connectivity index (χ1n) is 11.9. The van der Waals surface area contributed by atoms with E-state index in [9.17, 15) is 9.59 Å². The number of hydrogen-bond acceptors (Lipinski definition) is 7. The van der Waals surface area contributed by atoms with Crippen LogP contribution in [0.3, 0.4) is 0 Å². The number of benzene rings is 1. The molecule has 3 aliphatic heterocycles. The van der Waals surface area contributed by atoms with Gasteiger partial charge < -0.3 is 23.8 Å². The minimum absolute atomic E-state index is 0.0537. The van der Waals surface area contributed by atoms with Crippen LogP contribution in [0.5, 0.6) is 11.5 Å². The first kappa shape index (κ1) is 22.2. The van der Waals surface area contributed by atoms with E-state index < -0.39 is 6.04 Å². The number of amides is 1. The van der Waals surface area contributed by atoms with Gasteiger partial charge in [0.15, 0.2) is 23.0 Å². The van der Waals surface area contributed by atoms with E-state index >= 15 is 0 Å². The summed E-state index contributed by atoms with van der Waals surface area (Å²) in [5.41, 5.74) is 1.24. The van der Waals surface area contributed by atoms with Crippen molar-refractivity contribution in [1.29, 1.82) is 0 Å². The summed E-state index contributed by atoms with van der Waals surface area (Å²) in [5, 5.41) is 0. The van der Waals surface area contributed by atoms with Gasteiger partial charge in [-0.05, 0) is 25.3 Å². The molecule has 3 heterocycles. The van der Waals surface area contributed by atoms with Crippen LogP contribution < -0.4 is 9.47 Å². The van der Waals surface area contributed by atoms with Crippen molar-refractivity contribution in [2.45, 2.75) is 37.8 Å². The van der Waals surface area contributed by atoms with E-state index in [1.54, 1.807) is 19.1 Å². The van der Waals surface area contributed by atoms with Gasteiger partial charge in [0, 0.05) is 31.7 Å². The number of ketones is 1. The highest BCUT2D eigenvalue weighted by Crippen LogP contribution is 2.49. The van der Waals surface area contributed by atoms with Crippen LogP contribution in [0.25, 0.3) is 0 Å². The average molecular weight is 457 g/mol. The molecular formula is C25H32N2O6. The molecule has 0 spiro atoms. The number of Topliss-reactive ketones (excluding diaryl/α,β-unsaturated/α-hetero) is 1. The molecule has 1 aromatic rings. The molecule has 3 atom stereocenters. The molecule has 1 saturated heterocycles. The Morgan fingerprint density at radius 2 is 1.82 bits per heavy atom. The quantitative estimate of drug-likeness (QED) is 0.650. The molecule has 0 radical (unpaired) electrons.